The third-order valence-corrected chi connectivity index (χ3v) is 3.98. The number of nitrogens with zero attached hydrogens (tertiary/aromatic N) is 3. The highest BCUT2D eigenvalue weighted by Crippen LogP contribution is 2.23. The van der Waals surface area contributed by atoms with Crippen molar-refractivity contribution in [3.8, 4) is 0 Å². The number of piperidine rings is 1. The largest absolute Gasteiger partial charge is 0.416 e. The Hall–Kier alpha value is -1.12. The number of aromatic nitrogens is 2. The van der Waals surface area contributed by atoms with E-state index in [9.17, 15) is 15.0 Å². The zero-order valence-corrected chi connectivity index (χ0v) is 11.7. The normalized spacial score (nSPS) is 27.6. The first-order valence-corrected chi connectivity index (χ1v) is 6.98. The molecule has 0 aliphatic carbocycles. The zero-order valence-electron chi connectivity index (χ0n) is 10.9. The van der Waals surface area contributed by atoms with Crippen molar-refractivity contribution in [1.29, 1.82) is 0 Å². The molecule has 0 unspecified atom stereocenters. The first-order valence-electron chi connectivity index (χ1n) is 5.99. The van der Waals surface area contributed by atoms with E-state index in [2.05, 4.69) is 10.2 Å². The van der Waals surface area contributed by atoms with E-state index >= 15 is 0 Å². The Bertz CT molecular complexity index is 463. The molecule has 1 fully saturated rings. The van der Waals surface area contributed by atoms with E-state index < -0.39 is 11.7 Å². The molecule has 1 saturated heterocycles. The van der Waals surface area contributed by atoms with Gasteiger partial charge in [0.2, 0.25) is 11.8 Å². The monoisotopic (exact) mass is 287 g/mol. The fourth-order valence-electron chi connectivity index (χ4n) is 1.80. The van der Waals surface area contributed by atoms with Crippen LogP contribution in [0.1, 0.15) is 19.2 Å². The van der Waals surface area contributed by atoms with Gasteiger partial charge in [0.25, 0.3) is 5.22 Å². The van der Waals surface area contributed by atoms with E-state index in [1.165, 1.54) is 11.8 Å². The summed E-state index contributed by atoms with van der Waals surface area (Å²) in [6.45, 7) is 3.85. The van der Waals surface area contributed by atoms with Crippen LogP contribution in [0.15, 0.2) is 9.64 Å². The smallest absolute Gasteiger partial charge is 0.277 e. The van der Waals surface area contributed by atoms with Crippen LogP contribution in [0.4, 0.5) is 0 Å². The summed E-state index contributed by atoms with van der Waals surface area (Å²) >= 11 is 1.17. The second-order valence-electron chi connectivity index (χ2n) is 4.84. The van der Waals surface area contributed by atoms with Crippen LogP contribution in [0.2, 0.25) is 0 Å². The average molecular weight is 287 g/mol. The molecule has 19 heavy (non-hydrogen) atoms. The van der Waals surface area contributed by atoms with Crippen molar-refractivity contribution in [2.45, 2.75) is 37.2 Å². The number of thioether (sulfide) groups is 1. The van der Waals surface area contributed by atoms with Crippen LogP contribution in [0, 0.1) is 6.92 Å². The van der Waals surface area contributed by atoms with Crippen molar-refractivity contribution in [3.63, 3.8) is 0 Å². The third-order valence-electron chi connectivity index (χ3n) is 3.18. The number of hydrogen-bond acceptors (Lipinski definition) is 7. The molecule has 0 aromatic carbocycles. The SMILES string of the molecule is Cc1nnc(SCC(=O)N2CC[C@@](C)(O)[C@H](O)C2)o1. The van der Waals surface area contributed by atoms with Gasteiger partial charge in [0.1, 0.15) is 0 Å². The second-order valence-corrected chi connectivity index (χ2v) is 5.76. The quantitative estimate of drug-likeness (QED) is 0.743. The molecule has 7 nitrogen and oxygen atoms in total. The lowest BCUT2D eigenvalue weighted by molar-refractivity contribution is -0.143. The summed E-state index contributed by atoms with van der Waals surface area (Å²) in [6, 6.07) is 0. The summed E-state index contributed by atoms with van der Waals surface area (Å²) in [5, 5.41) is 27.4. The Morgan fingerprint density at radius 1 is 1.63 bits per heavy atom. The number of hydrogen-bond donors (Lipinski definition) is 2. The summed E-state index contributed by atoms with van der Waals surface area (Å²) < 4.78 is 5.16. The number of aryl methyl sites for hydroxylation is 1. The lowest BCUT2D eigenvalue weighted by atomic mass is 9.91. The van der Waals surface area contributed by atoms with Gasteiger partial charge in [0.05, 0.1) is 17.5 Å². The van der Waals surface area contributed by atoms with Crippen LogP contribution in [-0.4, -0.2) is 61.8 Å². The van der Waals surface area contributed by atoms with Crippen LogP contribution in [0.3, 0.4) is 0 Å². The van der Waals surface area contributed by atoms with Gasteiger partial charge in [-0.2, -0.15) is 0 Å². The van der Waals surface area contributed by atoms with Crippen LogP contribution in [0.25, 0.3) is 0 Å². The second kappa shape index (κ2) is 5.48. The van der Waals surface area contributed by atoms with Crippen molar-refractivity contribution in [2.75, 3.05) is 18.8 Å². The first-order chi connectivity index (χ1) is 8.88. The molecule has 106 valence electrons. The zero-order chi connectivity index (χ0) is 14.0. The van der Waals surface area contributed by atoms with Crippen LogP contribution in [0.5, 0.6) is 0 Å². The van der Waals surface area contributed by atoms with Crippen molar-refractivity contribution in [2.24, 2.45) is 0 Å². The Kier molecular flexibility index (Phi) is 4.12. The Balaban J connectivity index is 1.84. The number of carbonyl (C=O) groups is 1. The van der Waals surface area contributed by atoms with Gasteiger partial charge in [0.15, 0.2) is 0 Å². The van der Waals surface area contributed by atoms with Crippen LogP contribution >= 0.6 is 11.8 Å². The molecule has 0 saturated carbocycles. The topological polar surface area (TPSA) is 99.7 Å². The summed E-state index contributed by atoms with van der Waals surface area (Å²) in [5.74, 6) is 0.519. The maximum absolute atomic E-state index is 12.0. The number of carbonyl (C=O) groups excluding carboxylic acids is 1. The molecule has 1 amide bonds. The predicted molar refractivity (Wildman–Crippen MR) is 67.6 cm³/mol. The fourth-order valence-corrected chi connectivity index (χ4v) is 2.51. The average Bonchev–Trinajstić information content (AvgIpc) is 2.76. The molecule has 2 atom stereocenters. The van der Waals surface area contributed by atoms with Crippen molar-refractivity contribution < 1.29 is 19.4 Å². The minimum atomic E-state index is -1.12. The van der Waals surface area contributed by atoms with Gasteiger partial charge < -0.3 is 19.5 Å². The van der Waals surface area contributed by atoms with Gasteiger partial charge >= 0.3 is 0 Å². The minimum absolute atomic E-state index is 0.115. The fraction of sp³-hybridized carbons (Fsp3) is 0.727. The van der Waals surface area contributed by atoms with Gasteiger partial charge in [-0.15, -0.1) is 10.2 Å². The summed E-state index contributed by atoms with van der Waals surface area (Å²) in [4.78, 5) is 13.5. The number of rotatable bonds is 3. The predicted octanol–water partition coefficient (Wildman–Crippen LogP) is -0.186. The highest BCUT2D eigenvalue weighted by molar-refractivity contribution is 7.99. The van der Waals surface area contributed by atoms with Crippen LogP contribution in [-0.2, 0) is 4.79 Å². The van der Waals surface area contributed by atoms with E-state index in [4.69, 9.17) is 4.42 Å². The minimum Gasteiger partial charge on any atom is -0.416 e. The molecule has 8 heteroatoms. The lowest BCUT2D eigenvalue weighted by Gasteiger charge is -2.39. The lowest BCUT2D eigenvalue weighted by Crippen LogP contribution is -2.55. The number of aliphatic hydroxyl groups is 2. The summed E-state index contributed by atoms with van der Waals surface area (Å²) in [7, 11) is 0. The molecule has 1 aromatic rings. The Morgan fingerprint density at radius 3 is 2.95 bits per heavy atom. The first kappa shape index (κ1) is 14.3. The molecule has 0 radical (unpaired) electrons. The standard InChI is InChI=1S/C11H17N3O4S/c1-7-12-13-10(18-7)19-6-9(16)14-4-3-11(2,17)8(15)5-14/h8,15,17H,3-6H2,1-2H3/t8-,11-/m1/s1. The molecular weight excluding hydrogens is 270 g/mol. The maximum atomic E-state index is 12.0. The summed E-state index contributed by atoms with van der Waals surface area (Å²) in [5.41, 5.74) is -1.12. The van der Waals surface area contributed by atoms with Gasteiger partial charge in [-0.05, 0) is 13.3 Å². The number of likely N-dealkylation sites (tertiary alicyclic amines) is 1. The number of aliphatic hydroxyl groups excluding tert-OH is 1. The van der Waals surface area contributed by atoms with Crippen molar-refractivity contribution in [1.82, 2.24) is 15.1 Å². The molecule has 1 aliphatic heterocycles. The van der Waals surface area contributed by atoms with Gasteiger partial charge in [-0.25, -0.2) is 0 Å². The molecule has 2 heterocycles. The van der Waals surface area contributed by atoms with Gasteiger partial charge in [-0.1, -0.05) is 11.8 Å². The molecule has 2 N–H and O–H groups in total. The highest BCUT2D eigenvalue weighted by Gasteiger charge is 2.37. The van der Waals surface area contributed by atoms with E-state index in [-0.39, 0.29) is 18.2 Å². The van der Waals surface area contributed by atoms with Crippen molar-refractivity contribution >= 4 is 17.7 Å². The number of β-amino-alcohol motifs (C(OH)–C–C–N with tert-alkyl or cyclic N) is 1. The molecule has 1 aromatic heterocycles. The van der Waals surface area contributed by atoms with E-state index in [0.717, 1.165) is 0 Å². The molecule has 0 spiro atoms. The third kappa shape index (κ3) is 3.46. The van der Waals surface area contributed by atoms with Gasteiger partial charge in [-0.3, -0.25) is 4.79 Å². The Morgan fingerprint density at radius 2 is 2.37 bits per heavy atom. The van der Waals surface area contributed by atoms with E-state index in [1.807, 2.05) is 0 Å². The highest BCUT2D eigenvalue weighted by atomic mass is 32.2. The molecule has 0 bridgehead atoms. The molecular formula is C11H17N3O4S. The van der Waals surface area contributed by atoms with Crippen molar-refractivity contribution in [3.05, 3.63) is 5.89 Å². The molecule has 2 rings (SSSR count). The van der Waals surface area contributed by atoms with Gasteiger partial charge in [0, 0.05) is 20.0 Å². The van der Waals surface area contributed by atoms with E-state index in [0.29, 0.717) is 24.1 Å². The Labute approximate surface area is 115 Å². The number of amides is 1. The van der Waals surface area contributed by atoms with Crippen LogP contribution < -0.4 is 0 Å². The summed E-state index contributed by atoms with van der Waals surface area (Å²) in [6.07, 6.45) is -0.551. The maximum Gasteiger partial charge on any atom is 0.277 e. The van der Waals surface area contributed by atoms with E-state index in [1.54, 1.807) is 18.7 Å². The molecule has 1 aliphatic rings.